The minimum Gasteiger partial charge on any atom is -0.494 e. The molecule has 0 aliphatic carbocycles. The largest absolute Gasteiger partial charge is 0.494 e. The molecule has 0 aromatic heterocycles. The van der Waals surface area contributed by atoms with Crippen LogP contribution in [0.3, 0.4) is 0 Å². The van der Waals surface area contributed by atoms with Crippen molar-refractivity contribution in [2.75, 3.05) is 18.1 Å². The van der Waals surface area contributed by atoms with E-state index in [1.54, 1.807) is 18.2 Å². The summed E-state index contributed by atoms with van der Waals surface area (Å²) in [5.74, 6) is -0.578. The van der Waals surface area contributed by atoms with Crippen LogP contribution in [0.25, 0.3) is 6.08 Å². The van der Waals surface area contributed by atoms with Gasteiger partial charge in [-0.3, -0.25) is 0 Å². The molecule has 0 aliphatic heterocycles. The number of carbonyl (C=O) groups is 1. The molecule has 3 rings (SSSR count). The van der Waals surface area contributed by atoms with E-state index in [1.165, 1.54) is 48.6 Å². The van der Waals surface area contributed by atoms with Crippen molar-refractivity contribution in [2.45, 2.75) is 31.7 Å². The van der Waals surface area contributed by atoms with Gasteiger partial charge in [0.1, 0.15) is 18.1 Å². The number of carbonyl (C=O) groups excluding carboxylic acids is 1. The van der Waals surface area contributed by atoms with E-state index in [1.807, 2.05) is 0 Å². The van der Waals surface area contributed by atoms with Crippen LogP contribution in [0.5, 0.6) is 11.5 Å². The topological polar surface area (TPSA) is 96.8 Å². The van der Waals surface area contributed by atoms with E-state index in [0.29, 0.717) is 22.5 Å². The molecular weight excluding hydrogens is 511 g/mol. The molecule has 0 saturated heterocycles. The van der Waals surface area contributed by atoms with E-state index in [9.17, 15) is 26.7 Å². The number of hydrogen-bond acceptors (Lipinski definition) is 6. The van der Waals surface area contributed by atoms with Crippen molar-refractivity contribution in [3.8, 4) is 11.5 Å². The first-order valence-electron chi connectivity index (χ1n) is 11.4. The van der Waals surface area contributed by atoms with E-state index >= 15 is 0 Å². The van der Waals surface area contributed by atoms with Gasteiger partial charge in [-0.1, -0.05) is 12.1 Å². The maximum absolute atomic E-state index is 14.6. The molecule has 0 heterocycles. The third kappa shape index (κ3) is 9.30. The fourth-order valence-corrected chi connectivity index (χ4v) is 3.26. The Kier molecular flexibility index (Phi) is 9.16. The molecule has 0 amide bonds. The summed E-state index contributed by atoms with van der Waals surface area (Å²) < 4.78 is 80.7. The van der Waals surface area contributed by atoms with Gasteiger partial charge in [-0.2, -0.15) is 22.0 Å². The van der Waals surface area contributed by atoms with Crippen LogP contribution in [0.1, 0.15) is 29.5 Å². The average Bonchev–Trinajstić information content (AvgIpc) is 2.84. The van der Waals surface area contributed by atoms with Crippen molar-refractivity contribution in [1.82, 2.24) is 0 Å². The molecule has 38 heavy (non-hydrogen) atoms. The third-order valence-corrected chi connectivity index (χ3v) is 5.02. The highest BCUT2D eigenvalue weighted by atomic mass is 19.4. The van der Waals surface area contributed by atoms with Gasteiger partial charge in [-0.05, 0) is 78.2 Å². The Balaban J connectivity index is 1.49. The molecule has 0 fully saturated rings. The monoisotopic (exact) mass is 536 g/mol. The van der Waals surface area contributed by atoms with Crippen molar-refractivity contribution in [2.24, 2.45) is 0 Å². The van der Waals surface area contributed by atoms with Gasteiger partial charge in [-0.25, -0.2) is 4.79 Å². The molecular formula is C27H25F5N2O4. The lowest BCUT2D eigenvalue weighted by Gasteiger charge is -2.18. The molecule has 0 radical (unpaired) electrons. The summed E-state index contributed by atoms with van der Waals surface area (Å²) in [4.78, 5) is 12.0. The smallest absolute Gasteiger partial charge is 0.426 e. The number of alkyl halides is 5. The SMILES string of the molecule is Nc1cc(N)cc(COC(=O)/C=C/c2ccc(OC(F)(F)c3ccc(OCCCC(F)(F)F)cc3)cc2)c1. The maximum Gasteiger partial charge on any atom is 0.426 e. The number of benzene rings is 3. The van der Waals surface area contributed by atoms with Crippen LogP contribution in [0.15, 0.2) is 72.8 Å². The van der Waals surface area contributed by atoms with Crippen LogP contribution in [0.4, 0.5) is 33.3 Å². The van der Waals surface area contributed by atoms with Gasteiger partial charge < -0.3 is 25.7 Å². The Bertz CT molecular complexity index is 1220. The highest BCUT2D eigenvalue weighted by Crippen LogP contribution is 2.33. The summed E-state index contributed by atoms with van der Waals surface area (Å²) in [5, 5.41) is 0. The summed E-state index contributed by atoms with van der Waals surface area (Å²) in [6.45, 7) is -0.215. The number of anilines is 2. The number of rotatable bonds is 11. The van der Waals surface area contributed by atoms with Crippen molar-refractivity contribution < 1.29 is 41.0 Å². The predicted molar refractivity (Wildman–Crippen MR) is 132 cm³/mol. The molecule has 0 aliphatic rings. The van der Waals surface area contributed by atoms with E-state index in [4.69, 9.17) is 25.7 Å². The molecule has 11 heteroatoms. The van der Waals surface area contributed by atoms with Gasteiger partial charge in [-0.15, -0.1) is 0 Å². The highest BCUT2D eigenvalue weighted by Gasteiger charge is 2.34. The van der Waals surface area contributed by atoms with Crippen molar-refractivity contribution in [3.05, 3.63) is 89.5 Å². The molecule has 202 valence electrons. The van der Waals surface area contributed by atoms with Crippen LogP contribution < -0.4 is 20.9 Å². The molecule has 0 spiro atoms. The molecule has 0 unspecified atom stereocenters. The van der Waals surface area contributed by atoms with Gasteiger partial charge >= 0.3 is 18.3 Å². The van der Waals surface area contributed by atoms with Crippen molar-refractivity contribution in [3.63, 3.8) is 0 Å². The molecule has 3 aromatic carbocycles. The summed E-state index contributed by atoms with van der Waals surface area (Å²) in [6, 6.07) is 15.0. The normalized spacial score (nSPS) is 11.9. The molecule has 0 atom stereocenters. The predicted octanol–water partition coefficient (Wildman–Crippen LogP) is 6.46. The lowest BCUT2D eigenvalue weighted by atomic mass is 10.2. The molecule has 0 bridgehead atoms. The third-order valence-electron chi connectivity index (χ3n) is 5.02. The van der Waals surface area contributed by atoms with Crippen LogP contribution in [0.2, 0.25) is 0 Å². The Labute approximate surface area is 215 Å². The van der Waals surface area contributed by atoms with E-state index < -0.39 is 30.2 Å². The van der Waals surface area contributed by atoms with Crippen LogP contribution in [0, 0.1) is 0 Å². The van der Waals surface area contributed by atoms with Gasteiger partial charge in [0.15, 0.2) is 0 Å². The zero-order valence-corrected chi connectivity index (χ0v) is 20.0. The fraction of sp³-hybridized carbons (Fsp3) is 0.222. The molecule has 6 nitrogen and oxygen atoms in total. The van der Waals surface area contributed by atoms with Crippen LogP contribution in [-0.2, 0) is 22.2 Å². The van der Waals surface area contributed by atoms with Gasteiger partial charge in [0, 0.05) is 23.9 Å². The molecule has 4 N–H and O–H groups in total. The number of nitrogens with two attached hydrogens (primary N) is 2. The first-order valence-corrected chi connectivity index (χ1v) is 11.4. The van der Waals surface area contributed by atoms with Crippen molar-refractivity contribution in [1.29, 1.82) is 0 Å². The average molecular weight is 536 g/mol. The Hall–Kier alpha value is -4.28. The number of ether oxygens (including phenoxy) is 3. The van der Waals surface area contributed by atoms with E-state index in [0.717, 1.165) is 12.1 Å². The quantitative estimate of drug-likeness (QED) is 0.0961. The summed E-state index contributed by atoms with van der Waals surface area (Å²) >= 11 is 0. The van der Waals surface area contributed by atoms with E-state index in [2.05, 4.69) is 0 Å². The zero-order valence-electron chi connectivity index (χ0n) is 20.0. The Morgan fingerprint density at radius 2 is 1.45 bits per heavy atom. The van der Waals surface area contributed by atoms with Crippen molar-refractivity contribution >= 4 is 23.4 Å². The second-order valence-corrected chi connectivity index (χ2v) is 8.23. The lowest BCUT2D eigenvalue weighted by Crippen LogP contribution is -2.21. The standard InChI is InChI=1S/C27H25F5N2O4/c28-26(29,30)12-1-13-36-23-9-5-20(6-10-23)27(31,32)38-24-7-2-18(3-8-24)4-11-25(35)37-17-19-14-21(33)16-22(34)15-19/h2-11,14-16H,1,12-13,17,33-34H2/b11-4+. The van der Waals surface area contributed by atoms with Gasteiger partial charge in [0.05, 0.1) is 12.2 Å². The fourth-order valence-electron chi connectivity index (χ4n) is 3.26. The van der Waals surface area contributed by atoms with Crippen LogP contribution in [-0.4, -0.2) is 18.8 Å². The Morgan fingerprint density at radius 3 is 2.05 bits per heavy atom. The van der Waals surface area contributed by atoms with E-state index in [-0.39, 0.29) is 31.1 Å². The van der Waals surface area contributed by atoms with Crippen LogP contribution >= 0.6 is 0 Å². The number of nitrogen functional groups attached to an aromatic ring is 2. The Morgan fingerprint density at radius 1 is 0.842 bits per heavy atom. The summed E-state index contributed by atoms with van der Waals surface area (Å²) in [5.41, 5.74) is 13.0. The second kappa shape index (κ2) is 12.3. The zero-order chi connectivity index (χ0) is 27.8. The maximum atomic E-state index is 14.6. The lowest BCUT2D eigenvalue weighted by molar-refractivity contribution is -0.185. The molecule has 3 aromatic rings. The number of halogens is 5. The second-order valence-electron chi connectivity index (χ2n) is 8.23. The number of hydrogen-bond donors (Lipinski definition) is 2. The first-order chi connectivity index (χ1) is 17.9. The summed E-state index contributed by atoms with van der Waals surface area (Å²) in [7, 11) is 0. The summed E-state index contributed by atoms with van der Waals surface area (Å²) in [6.07, 6.45) is -6.55. The highest BCUT2D eigenvalue weighted by molar-refractivity contribution is 5.87. The van der Waals surface area contributed by atoms with Gasteiger partial charge in [0.2, 0.25) is 0 Å². The molecule has 0 saturated carbocycles. The minimum absolute atomic E-state index is 0.0224. The number of esters is 1. The van der Waals surface area contributed by atoms with Gasteiger partial charge in [0.25, 0.3) is 0 Å². The first kappa shape index (κ1) is 28.3. The minimum atomic E-state index is -4.28.